The van der Waals surface area contributed by atoms with E-state index in [0.717, 1.165) is 13.1 Å². The standard InChI is InChI=1S/C13H16ClF3N2.ClH/c14-10-2-1-9(7-11(10)15)12(8-13(16)17)19-5-3-18-4-6-19;/h1-2,7,12-13,18H,3-6,8H2;1H/t12-;/m0./s1. The third-order valence-corrected chi connectivity index (χ3v) is 3.63. The lowest BCUT2D eigenvalue weighted by atomic mass is 10.0. The molecule has 0 spiro atoms. The van der Waals surface area contributed by atoms with Crippen LogP contribution >= 0.6 is 24.0 Å². The highest BCUT2D eigenvalue weighted by molar-refractivity contribution is 6.30. The van der Waals surface area contributed by atoms with Gasteiger partial charge < -0.3 is 5.32 Å². The van der Waals surface area contributed by atoms with Gasteiger partial charge in [-0.2, -0.15) is 0 Å². The number of nitrogens with one attached hydrogen (secondary N) is 1. The van der Waals surface area contributed by atoms with Gasteiger partial charge in [-0.25, -0.2) is 13.2 Å². The van der Waals surface area contributed by atoms with Gasteiger partial charge in [0.2, 0.25) is 6.43 Å². The number of piperazine rings is 1. The molecule has 1 atom stereocenters. The summed E-state index contributed by atoms with van der Waals surface area (Å²) in [6.07, 6.45) is -2.71. The summed E-state index contributed by atoms with van der Waals surface area (Å²) in [5.74, 6) is -0.562. The summed E-state index contributed by atoms with van der Waals surface area (Å²) in [5, 5.41) is 3.18. The number of rotatable bonds is 4. The summed E-state index contributed by atoms with van der Waals surface area (Å²) in [6.45, 7) is 2.88. The van der Waals surface area contributed by atoms with Crippen molar-refractivity contribution in [2.45, 2.75) is 18.9 Å². The quantitative estimate of drug-likeness (QED) is 0.910. The molecule has 1 aliphatic heterocycles. The van der Waals surface area contributed by atoms with Gasteiger partial charge in [-0.1, -0.05) is 17.7 Å². The van der Waals surface area contributed by atoms with E-state index in [-0.39, 0.29) is 23.9 Å². The van der Waals surface area contributed by atoms with E-state index in [1.165, 1.54) is 12.1 Å². The van der Waals surface area contributed by atoms with Crippen molar-refractivity contribution < 1.29 is 13.2 Å². The van der Waals surface area contributed by atoms with Gasteiger partial charge in [0.1, 0.15) is 5.82 Å². The Bertz CT molecular complexity index is 426. The van der Waals surface area contributed by atoms with Gasteiger partial charge >= 0.3 is 0 Å². The van der Waals surface area contributed by atoms with E-state index in [1.807, 2.05) is 4.90 Å². The summed E-state index contributed by atoms with van der Waals surface area (Å²) in [5.41, 5.74) is 0.559. The molecule has 1 aromatic carbocycles. The minimum absolute atomic E-state index is 0. The molecule has 2 rings (SSSR count). The van der Waals surface area contributed by atoms with Crippen molar-refractivity contribution in [2.24, 2.45) is 0 Å². The van der Waals surface area contributed by atoms with Gasteiger partial charge in [-0.05, 0) is 17.7 Å². The Morgan fingerprint density at radius 1 is 1.25 bits per heavy atom. The molecule has 1 saturated heterocycles. The van der Waals surface area contributed by atoms with E-state index in [9.17, 15) is 13.2 Å². The van der Waals surface area contributed by atoms with Gasteiger partial charge in [0, 0.05) is 38.6 Å². The maximum atomic E-state index is 13.5. The Balaban J connectivity index is 0.00000200. The van der Waals surface area contributed by atoms with Crippen LogP contribution in [0.15, 0.2) is 18.2 Å². The second kappa shape index (κ2) is 8.08. The Morgan fingerprint density at radius 2 is 1.90 bits per heavy atom. The molecular formula is C13H17Cl2F3N2. The molecule has 1 N–H and O–H groups in total. The molecule has 0 aromatic heterocycles. The zero-order valence-electron chi connectivity index (χ0n) is 10.8. The Labute approximate surface area is 127 Å². The smallest absolute Gasteiger partial charge is 0.240 e. The first kappa shape index (κ1) is 17.6. The lowest BCUT2D eigenvalue weighted by Gasteiger charge is -2.35. The summed E-state index contributed by atoms with van der Waals surface area (Å²) in [4.78, 5) is 1.96. The van der Waals surface area contributed by atoms with Crippen LogP contribution in [-0.2, 0) is 0 Å². The summed E-state index contributed by atoms with van der Waals surface area (Å²) < 4.78 is 39.0. The van der Waals surface area contributed by atoms with Gasteiger partial charge in [-0.15, -0.1) is 12.4 Å². The summed E-state index contributed by atoms with van der Waals surface area (Å²) in [7, 11) is 0. The zero-order chi connectivity index (χ0) is 13.8. The van der Waals surface area contributed by atoms with Gasteiger partial charge in [0.15, 0.2) is 0 Å². The van der Waals surface area contributed by atoms with Crippen molar-refractivity contribution in [3.63, 3.8) is 0 Å². The lowest BCUT2D eigenvalue weighted by Crippen LogP contribution is -2.45. The minimum Gasteiger partial charge on any atom is -0.314 e. The molecule has 0 bridgehead atoms. The van der Waals surface area contributed by atoms with E-state index in [1.54, 1.807) is 6.07 Å². The summed E-state index contributed by atoms with van der Waals surface area (Å²) >= 11 is 5.63. The SMILES string of the molecule is Cl.Fc1cc([C@H](CC(F)F)N2CCNCC2)ccc1Cl. The average Bonchev–Trinajstić information content (AvgIpc) is 2.40. The second-order valence-corrected chi connectivity index (χ2v) is 5.01. The fourth-order valence-corrected chi connectivity index (χ4v) is 2.50. The Morgan fingerprint density at radius 3 is 2.45 bits per heavy atom. The van der Waals surface area contributed by atoms with Crippen LogP contribution in [0.4, 0.5) is 13.2 Å². The van der Waals surface area contributed by atoms with Crippen molar-refractivity contribution in [3.8, 4) is 0 Å². The van der Waals surface area contributed by atoms with Crippen LogP contribution in [0.5, 0.6) is 0 Å². The van der Waals surface area contributed by atoms with Crippen molar-refractivity contribution in [3.05, 3.63) is 34.6 Å². The molecule has 0 radical (unpaired) electrons. The van der Waals surface area contributed by atoms with E-state index in [4.69, 9.17) is 11.6 Å². The molecular weight excluding hydrogens is 312 g/mol. The molecule has 7 heteroatoms. The van der Waals surface area contributed by atoms with Crippen molar-refractivity contribution in [1.82, 2.24) is 10.2 Å². The zero-order valence-corrected chi connectivity index (χ0v) is 12.4. The largest absolute Gasteiger partial charge is 0.314 e. The van der Waals surface area contributed by atoms with E-state index < -0.39 is 18.3 Å². The third-order valence-electron chi connectivity index (χ3n) is 3.32. The minimum atomic E-state index is -2.42. The van der Waals surface area contributed by atoms with Crippen LogP contribution in [0.3, 0.4) is 0 Å². The first-order valence-electron chi connectivity index (χ1n) is 6.26. The van der Waals surface area contributed by atoms with Crippen LogP contribution in [0.1, 0.15) is 18.0 Å². The van der Waals surface area contributed by atoms with Crippen molar-refractivity contribution in [2.75, 3.05) is 26.2 Å². The highest BCUT2D eigenvalue weighted by atomic mass is 35.5. The highest BCUT2D eigenvalue weighted by Crippen LogP contribution is 2.29. The molecule has 0 aliphatic carbocycles. The van der Waals surface area contributed by atoms with E-state index in [0.29, 0.717) is 18.7 Å². The normalized spacial score (nSPS) is 17.9. The van der Waals surface area contributed by atoms with Crippen LogP contribution in [-0.4, -0.2) is 37.5 Å². The van der Waals surface area contributed by atoms with Crippen LogP contribution < -0.4 is 5.32 Å². The molecule has 0 unspecified atom stereocenters. The number of benzene rings is 1. The van der Waals surface area contributed by atoms with Gasteiger partial charge in [0.05, 0.1) is 5.02 Å². The summed E-state index contributed by atoms with van der Waals surface area (Å²) in [6, 6.07) is 3.85. The molecule has 2 nitrogen and oxygen atoms in total. The van der Waals surface area contributed by atoms with Gasteiger partial charge in [0.25, 0.3) is 0 Å². The maximum absolute atomic E-state index is 13.5. The molecule has 0 saturated carbocycles. The lowest BCUT2D eigenvalue weighted by molar-refractivity contribution is 0.0738. The average molecular weight is 329 g/mol. The predicted molar refractivity (Wildman–Crippen MR) is 76.5 cm³/mol. The Hall–Kier alpha value is -0.490. The third kappa shape index (κ3) is 4.52. The number of hydrogen-bond acceptors (Lipinski definition) is 2. The molecule has 1 fully saturated rings. The monoisotopic (exact) mass is 328 g/mol. The Kier molecular flexibility index (Phi) is 7.09. The van der Waals surface area contributed by atoms with Gasteiger partial charge in [-0.3, -0.25) is 4.90 Å². The maximum Gasteiger partial charge on any atom is 0.240 e. The predicted octanol–water partition coefficient (Wildman–Crippen LogP) is 3.50. The molecule has 20 heavy (non-hydrogen) atoms. The second-order valence-electron chi connectivity index (χ2n) is 4.60. The van der Waals surface area contributed by atoms with E-state index >= 15 is 0 Å². The highest BCUT2D eigenvalue weighted by Gasteiger charge is 2.25. The van der Waals surface area contributed by atoms with Crippen molar-refractivity contribution in [1.29, 1.82) is 0 Å². The number of hydrogen-bond donors (Lipinski definition) is 1. The number of halogens is 5. The van der Waals surface area contributed by atoms with Crippen LogP contribution in [0.2, 0.25) is 5.02 Å². The fourth-order valence-electron chi connectivity index (χ4n) is 2.38. The van der Waals surface area contributed by atoms with Crippen LogP contribution in [0.25, 0.3) is 0 Å². The first-order valence-corrected chi connectivity index (χ1v) is 6.63. The molecule has 0 amide bonds. The number of nitrogens with zero attached hydrogens (tertiary/aromatic N) is 1. The van der Waals surface area contributed by atoms with Crippen molar-refractivity contribution >= 4 is 24.0 Å². The molecule has 114 valence electrons. The fraction of sp³-hybridized carbons (Fsp3) is 0.538. The first-order chi connectivity index (χ1) is 9.08. The number of alkyl halides is 2. The molecule has 1 aromatic rings. The van der Waals surface area contributed by atoms with Crippen LogP contribution in [0, 0.1) is 5.82 Å². The van der Waals surface area contributed by atoms with E-state index in [2.05, 4.69) is 5.32 Å². The molecule has 1 aliphatic rings. The topological polar surface area (TPSA) is 15.3 Å². The molecule has 1 heterocycles.